The number of carbonyl (C=O) groups is 2. The van der Waals surface area contributed by atoms with Crippen molar-refractivity contribution in [3.8, 4) is 5.75 Å². The SMILES string of the molecule is COc1ccc(NC(C)=O)cc1NC(=O)C1CCCNC1.Cl. The van der Waals surface area contributed by atoms with E-state index in [4.69, 9.17) is 4.74 Å². The lowest BCUT2D eigenvalue weighted by atomic mass is 9.99. The van der Waals surface area contributed by atoms with Crippen molar-refractivity contribution in [2.45, 2.75) is 19.8 Å². The summed E-state index contributed by atoms with van der Waals surface area (Å²) in [6.45, 7) is 3.10. The van der Waals surface area contributed by atoms with Crippen LogP contribution in [0.25, 0.3) is 0 Å². The molecule has 1 aliphatic rings. The Balaban J connectivity index is 0.00000242. The largest absolute Gasteiger partial charge is 0.495 e. The number of hydrogen-bond donors (Lipinski definition) is 3. The number of anilines is 2. The van der Waals surface area contributed by atoms with Crippen LogP contribution < -0.4 is 20.7 Å². The number of piperidine rings is 1. The Labute approximate surface area is 136 Å². The van der Waals surface area contributed by atoms with E-state index < -0.39 is 0 Å². The van der Waals surface area contributed by atoms with Gasteiger partial charge in [0.1, 0.15) is 5.75 Å². The lowest BCUT2D eigenvalue weighted by molar-refractivity contribution is -0.120. The van der Waals surface area contributed by atoms with E-state index in [1.807, 2.05) is 0 Å². The van der Waals surface area contributed by atoms with Crippen LogP contribution in [0.15, 0.2) is 18.2 Å². The summed E-state index contributed by atoms with van der Waals surface area (Å²) >= 11 is 0. The number of hydrogen-bond acceptors (Lipinski definition) is 4. The van der Waals surface area contributed by atoms with Crippen LogP contribution in [0.1, 0.15) is 19.8 Å². The van der Waals surface area contributed by atoms with Gasteiger partial charge in [0.25, 0.3) is 0 Å². The van der Waals surface area contributed by atoms with E-state index in [1.165, 1.54) is 6.92 Å². The van der Waals surface area contributed by atoms with Crippen LogP contribution in [0, 0.1) is 5.92 Å². The molecule has 0 spiro atoms. The quantitative estimate of drug-likeness (QED) is 0.790. The van der Waals surface area contributed by atoms with Gasteiger partial charge in [-0.3, -0.25) is 9.59 Å². The highest BCUT2D eigenvalue weighted by Gasteiger charge is 2.21. The summed E-state index contributed by atoms with van der Waals surface area (Å²) in [6.07, 6.45) is 1.88. The van der Waals surface area contributed by atoms with Gasteiger partial charge in [0, 0.05) is 19.2 Å². The van der Waals surface area contributed by atoms with Crippen LogP contribution in [0.3, 0.4) is 0 Å². The zero-order chi connectivity index (χ0) is 15.2. The minimum atomic E-state index is -0.158. The maximum absolute atomic E-state index is 12.3. The number of benzene rings is 1. The van der Waals surface area contributed by atoms with E-state index in [0.717, 1.165) is 19.4 Å². The summed E-state index contributed by atoms with van der Waals surface area (Å²) in [4.78, 5) is 23.4. The first-order valence-electron chi connectivity index (χ1n) is 7.07. The first-order valence-corrected chi connectivity index (χ1v) is 7.07. The molecule has 3 N–H and O–H groups in total. The summed E-state index contributed by atoms with van der Waals surface area (Å²) < 4.78 is 5.25. The normalized spacial score (nSPS) is 17.1. The van der Waals surface area contributed by atoms with Crippen molar-refractivity contribution in [1.82, 2.24) is 5.32 Å². The predicted molar refractivity (Wildman–Crippen MR) is 88.8 cm³/mol. The molecule has 2 amide bonds. The molecule has 0 radical (unpaired) electrons. The van der Waals surface area contributed by atoms with Gasteiger partial charge in [-0.25, -0.2) is 0 Å². The third-order valence-corrected chi connectivity index (χ3v) is 3.45. The number of nitrogens with one attached hydrogen (secondary N) is 3. The van der Waals surface area contributed by atoms with Gasteiger partial charge in [0.05, 0.1) is 18.7 Å². The fourth-order valence-electron chi connectivity index (χ4n) is 2.40. The van der Waals surface area contributed by atoms with Gasteiger partial charge in [-0.1, -0.05) is 0 Å². The minimum Gasteiger partial charge on any atom is -0.495 e. The average Bonchev–Trinajstić information content (AvgIpc) is 2.48. The maximum atomic E-state index is 12.3. The Morgan fingerprint density at radius 2 is 2.09 bits per heavy atom. The molecule has 22 heavy (non-hydrogen) atoms. The van der Waals surface area contributed by atoms with Gasteiger partial charge in [0.15, 0.2) is 0 Å². The van der Waals surface area contributed by atoms with Gasteiger partial charge in [-0.2, -0.15) is 0 Å². The second kappa shape index (κ2) is 8.60. The van der Waals surface area contributed by atoms with Crippen LogP contribution >= 0.6 is 12.4 Å². The second-order valence-corrected chi connectivity index (χ2v) is 5.13. The second-order valence-electron chi connectivity index (χ2n) is 5.13. The Morgan fingerprint density at radius 1 is 1.32 bits per heavy atom. The molecule has 1 aromatic carbocycles. The first-order chi connectivity index (χ1) is 10.1. The van der Waals surface area contributed by atoms with Crippen LogP contribution in [-0.2, 0) is 9.59 Å². The molecule has 1 heterocycles. The number of methoxy groups -OCH3 is 1. The van der Waals surface area contributed by atoms with Gasteiger partial charge in [-0.05, 0) is 37.6 Å². The third kappa shape index (κ3) is 4.89. The number of halogens is 1. The fraction of sp³-hybridized carbons (Fsp3) is 0.467. The van der Waals surface area contributed by atoms with Crippen molar-refractivity contribution in [1.29, 1.82) is 0 Å². The highest BCUT2D eigenvalue weighted by atomic mass is 35.5. The smallest absolute Gasteiger partial charge is 0.228 e. The summed E-state index contributed by atoms with van der Waals surface area (Å²) in [7, 11) is 1.55. The minimum absolute atomic E-state index is 0. The lowest BCUT2D eigenvalue weighted by Gasteiger charge is -2.22. The maximum Gasteiger partial charge on any atom is 0.228 e. The molecule has 6 nitrogen and oxygen atoms in total. The van der Waals surface area contributed by atoms with Crippen molar-refractivity contribution in [2.24, 2.45) is 5.92 Å². The van der Waals surface area contributed by atoms with Crippen molar-refractivity contribution in [2.75, 3.05) is 30.8 Å². The highest BCUT2D eigenvalue weighted by molar-refractivity contribution is 5.96. The van der Waals surface area contributed by atoms with E-state index in [-0.39, 0.29) is 30.1 Å². The first kappa shape index (κ1) is 18.3. The summed E-state index contributed by atoms with van der Waals surface area (Å²) in [5.74, 6) is 0.350. The summed E-state index contributed by atoms with van der Waals surface area (Å²) in [5, 5.41) is 8.80. The van der Waals surface area contributed by atoms with Crippen LogP contribution in [0.2, 0.25) is 0 Å². The van der Waals surface area contributed by atoms with Crippen LogP contribution in [-0.4, -0.2) is 32.0 Å². The lowest BCUT2D eigenvalue weighted by Crippen LogP contribution is -2.37. The highest BCUT2D eigenvalue weighted by Crippen LogP contribution is 2.28. The third-order valence-electron chi connectivity index (χ3n) is 3.45. The molecule has 1 saturated heterocycles. The van der Waals surface area contributed by atoms with Crippen molar-refractivity contribution in [3.05, 3.63) is 18.2 Å². The van der Waals surface area contributed by atoms with Crippen molar-refractivity contribution >= 4 is 35.6 Å². The topological polar surface area (TPSA) is 79.5 Å². The van der Waals surface area contributed by atoms with E-state index >= 15 is 0 Å². The van der Waals surface area contributed by atoms with Gasteiger partial charge < -0.3 is 20.7 Å². The average molecular weight is 328 g/mol. The molecule has 0 bridgehead atoms. The number of ether oxygens (including phenoxy) is 1. The molecule has 2 rings (SSSR count). The molecule has 1 aromatic rings. The Bertz CT molecular complexity index is 531. The van der Waals surface area contributed by atoms with Gasteiger partial charge >= 0.3 is 0 Å². The van der Waals surface area contributed by atoms with Crippen molar-refractivity contribution < 1.29 is 14.3 Å². The zero-order valence-electron chi connectivity index (χ0n) is 12.8. The number of rotatable bonds is 4. The van der Waals surface area contributed by atoms with Crippen molar-refractivity contribution in [3.63, 3.8) is 0 Å². The Hall–Kier alpha value is -1.79. The molecular formula is C15H22ClN3O3. The van der Waals surface area contributed by atoms with E-state index in [2.05, 4.69) is 16.0 Å². The molecule has 1 atom stereocenters. The zero-order valence-corrected chi connectivity index (χ0v) is 13.6. The van der Waals surface area contributed by atoms with E-state index in [1.54, 1.807) is 25.3 Å². The molecule has 122 valence electrons. The number of amides is 2. The fourth-order valence-corrected chi connectivity index (χ4v) is 2.40. The molecule has 0 aromatic heterocycles. The molecular weight excluding hydrogens is 306 g/mol. The van der Waals surface area contributed by atoms with Gasteiger partial charge in [-0.15, -0.1) is 12.4 Å². The predicted octanol–water partition coefficient (Wildman–Crippen LogP) is 2.01. The van der Waals surface area contributed by atoms with E-state index in [0.29, 0.717) is 23.7 Å². The Kier molecular flexibility index (Phi) is 7.14. The molecule has 0 saturated carbocycles. The monoisotopic (exact) mass is 327 g/mol. The molecule has 1 aliphatic heterocycles. The molecule has 0 aliphatic carbocycles. The van der Waals surface area contributed by atoms with Crippen LogP contribution in [0.4, 0.5) is 11.4 Å². The summed E-state index contributed by atoms with van der Waals surface area (Å²) in [6, 6.07) is 5.16. The summed E-state index contributed by atoms with van der Waals surface area (Å²) in [5.41, 5.74) is 1.19. The van der Waals surface area contributed by atoms with Crippen LogP contribution in [0.5, 0.6) is 5.75 Å². The molecule has 7 heteroatoms. The Morgan fingerprint density at radius 3 is 2.68 bits per heavy atom. The van der Waals surface area contributed by atoms with Gasteiger partial charge in [0.2, 0.25) is 11.8 Å². The van der Waals surface area contributed by atoms with E-state index in [9.17, 15) is 9.59 Å². The standard InChI is InChI=1S/C15H21N3O3.ClH/c1-10(19)17-12-5-6-14(21-2)13(8-12)18-15(20)11-4-3-7-16-9-11;/h5-6,8,11,16H,3-4,7,9H2,1-2H3,(H,17,19)(H,18,20);1H. The number of carbonyl (C=O) groups excluding carboxylic acids is 2. The molecule has 1 fully saturated rings. The molecule has 1 unspecified atom stereocenters.